The third-order valence-corrected chi connectivity index (χ3v) is 5.81. The van der Waals surface area contributed by atoms with Gasteiger partial charge in [0.25, 0.3) is 0 Å². The number of hydrogen-bond donors (Lipinski definition) is 1. The Balaban J connectivity index is 0. The average Bonchev–Trinajstić information content (AvgIpc) is 2.83. The zero-order chi connectivity index (χ0) is 25.5. The minimum Gasteiger partial charge on any atom is -0.472 e. The molecule has 0 fully saturated rings. The smallest absolute Gasteiger partial charge is 0.345 e. The van der Waals surface area contributed by atoms with Gasteiger partial charge in [0.05, 0.1) is 6.61 Å². The van der Waals surface area contributed by atoms with E-state index in [9.17, 15) is 4.79 Å². The molecule has 2 aromatic heterocycles. The Kier molecular flexibility index (Phi) is 18.2. The summed E-state index contributed by atoms with van der Waals surface area (Å²) in [5.74, 6) is 0.746. The topological polar surface area (TPSA) is 100 Å². The van der Waals surface area contributed by atoms with Crippen molar-refractivity contribution in [2.24, 2.45) is 11.7 Å². The number of esters is 1. The molecule has 0 aliphatic heterocycles. The largest absolute Gasteiger partial charge is 0.472 e. The van der Waals surface area contributed by atoms with Gasteiger partial charge in [-0.15, -0.1) is 49.6 Å². The van der Waals surface area contributed by atoms with E-state index in [0.29, 0.717) is 24.7 Å². The van der Waals surface area contributed by atoms with Crippen LogP contribution in [0.3, 0.4) is 0 Å². The van der Waals surface area contributed by atoms with E-state index in [0.717, 1.165) is 40.1 Å². The van der Waals surface area contributed by atoms with Crippen LogP contribution in [0, 0.1) is 19.8 Å². The molecule has 218 valence electrons. The van der Waals surface area contributed by atoms with Gasteiger partial charge < -0.3 is 15.2 Å². The summed E-state index contributed by atoms with van der Waals surface area (Å²) in [7, 11) is 0. The molecular formula is C28H40Cl4N4O3. The lowest BCUT2D eigenvalue weighted by atomic mass is 9.90. The van der Waals surface area contributed by atoms with Crippen LogP contribution in [0.15, 0.2) is 30.5 Å². The van der Waals surface area contributed by atoms with Crippen LogP contribution in [-0.4, -0.2) is 27.5 Å². The first-order valence-corrected chi connectivity index (χ1v) is 12.2. The van der Waals surface area contributed by atoms with Gasteiger partial charge >= 0.3 is 5.97 Å². The Hall–Kier alpha value is -2.16. The number of halogens is 4. The van der Waals surface area contributed by atoms with E-state index in [-0.39, 0.29) is 74.3 Å². The van der Waals surface area contributed by atoms with Gasteiger partial charge in [-0.1, -0.05) is 50.6 Å². The van der Waals surface area contributed by atoms with Gasteiger partial charge in [0.2, 0.25) is 5.88 Å². The molecule has 2 N–H and O–H groups in total. The number of benzene rings is 1. The minimum atomic E-state index is -0.506. The van der Waals surface area contributed by atoms with E-state index < -0.39 is 5.97 Å². The monoisotopic (exact) mass is 620 g/mol. The zero-order valence-electron chi connectivity index (χ0n) is 23.3. The normalized spacial score (nSPS) is 9.95. The molecule has 0 bridgehead atoms. The number of carbonyl (C=O) groups is 1. The molecule has 0 saturated carbocycles. The Labute approximate surface area is 256 Å². The lowest BCUT2D eigenvalue weighted by Crippen LogP contribution is -2.16. The molecule has 0 saturated heterocycles. The molecule has 3 aromatic rings. The molecule has 7 nitrogen and oxygen atoms in total. The third-order valence-electron chi connectivity index (χ3n) is 5.81. The molecule has 39 heavy (non-hydrogen) atoms. The van der Waals surface area contributed by atoms with E-state index in [1.54, 1.807) is 6.92 Å². The second-order valence-electron chi connectivity index (χ2n) is 9.01. The number of aromatic nitrogens is 3. The van der Waals surface area contributed by atoms with Crippen molar-refractivity contribution in [1.29, 1.82) is 0 Å². The minimum absolute atomic E-state index is 0. The van der Waals surface area contributed by atoms with Gasteiger partial charge in [-0.3, -0.25) is 4.98 Å². The molecule has 0 amide bonds. The van der Waals surface area contributed by atoms with Gasteiger partial charge in [0, 0.05) is 36.1 Å². The number of nitrogens with two attached hydrogens (primary N) is 1. The summed E-state index contributed by atoms with van der Waals surface area (Å²) in [6.07, 6.45) is 2.93. The van der Waals surface area contributed by atoms with Crippen molar-refractivity contribution in [3.8, 4) is 17.0 Å². The first-order chi connectivity index (χ1) is 16.8. The summed E-state index contributed by atoms with van der Waals surface area (Å²) in [6.45, 7) is 12.9. The van der Waals surface area contributed by atoms with Crippen LogP contribution in [0.5, 0.6) is 5.88 Å². The van der Waals surface area contributed by atoms with Gasteiger partial charge in [0.1, 0.15) is 18.0 Å². The molecule has 0 spiro atoms. The fraction of sp³-hybridized carbons (Fsp3) is 0.429. The summed E-state index contributed by atoms with van der Waals surface area (Å²) in [6, 6.07) is 8.40. The standard InChI is InChI=1S/C28H36N4O3.4ClH/c1-7-25-30-15-22(28(33)34-8-2)27(32-25)35-16-23-19(6)31-24(13-17(3)4)21(14-29)26(23)20-11-9-18(5)10-12-20;;;;/h9-12,15,17H,7-8,13-14,16,29H2,1-6H3;4*1H. The number of pyridine rings is 1. The van der Waals surface area contributed by atoms with Crippen LogP contribution in [0.4, 0.5) is 0 Å². The maximum atomic E-state index is 12.5. The zero-order valence-corrected chi connectivity index (χ0v) is 26.5. The first-order valence-electron chi connectivity index (χ1n) is 12.2. The number of ether oxygens (including phenoxy) is 2. The lowest BCUT2D eigenvalue weighted by molar-refractivity contribution is 0.0519. The summed E-state index contributed by atoms with van der Waals surface area (Å²) in [4.78, 5) is 26.2. The molecule has 11 heteroatoms. The van der Waals surface area contributed by atoms with Crippen LogP contribution in [0.25, 0.3) is 11.1 Å². The maximum absolute atomic E-state index is 12.5. The third kappa shape index (κ3) is 9.76. The molecular weight excluding hydrogens is 582 g/mol. The van der Waals surface area contributed by atoms with Crippen molar-refractivity contribution < 1.29 is 14.3 Å². The second kappa shape index (κ2) is 18.2. The van der Waals surface area contributed by atoms with Crippen LogP contribution >= 0.6 is 49.6 Å². The van der Waals surface area contributed by atoms with Crippen LogP contribution in [0.2, 0.25) is 0 Å². The number of carbonyl (C=O) groups excluding carboxylic acids is 1. The van der Waals surface area contributed by atoms with E-state index in [1.165, 1.54) is 11.8 Å². The Morgan fingerprint density at radius 3 is 2.15 bits per heavy atom. The Morgan fingerprint density at radius 2 is 1.62 bits per heavy atom. The van der Waals surface area contributed by atoms with Gasteiger partial charge in [-0.05, 0) is 49.8 Å². The summed E-state index contributed by atoms with van der Waals surface area (Å²) >= 11 is 0. The van der Waals surface area contributed by atoms with Gasteiger partial charge in [-0.2, -0.15) is 4.98 Å². The Bertz CT molecular complexity index is 1190. The van der Waals surface area contributed by atoms with Crippen molar-refractivity contribution in [2.75, 3.05) is 6.61 Å². The highest BCUT2D eigenvalue weighted by Crippen LogP contribution is 2.33. The van der Waals surface area contributed by atoms with Gasteiger partial charge in [0.15, 0.2) is 0 Å². The predicted octanol–water partition coefficient (Wildman–Crippen LogP) is 6.82. The quantitative estimate of drug-likeness (QED) is 0.248. The van der Waals surface area contributed by atoms with E-state index in [4.69, 9.17) is 20.2 Å². The number of aryl methyl sites for hydroxylation is 3. The van der Waals surface area contributed by atoms with Crippen LogP contribution in [-0.2, 0) is 30.7 Å². The molecule has 0 unspecified atom stereocenters. The average molecular weight is 622 g/mol. The number of rotatable bonds is 10. The molecule has 2 heterocycles. The molecule has 0 atom stereocenters. The van der Waals surface area contributed by atoms with E-state index in [2.05, 4.69) is 55.0 Å². The van der Waals surface area contributed by atoms with E-state index in [1.807, 2.05) is 13.8 Å². The first kappa shape index (κ1) is 39.0. The molecule has 0 aliphatic carbocycles. The molecule has 3 rings (SSSR count). The molecule has 1 aromatic carbocycles. The van der Waals surface area contributed by atoms with Crippen molar-refractivity contribution in [3.63, 3.8) is 0 Å². The Morgan fingerprint density at radius 1 is 0.974 bits per heavy atom. The summed E-state index contributed by atoms with van der Waals surface area (Å²) < 4.78 is 11.4. The van der Waals surface area contributed by atoms with Crippen molar-refractivity contribution in [3.05, 3.63) is 69.9 Å². The summed E-state index contributed by atoms with van der Waals surface area (Å²) in [5, 5.41) is 0. The van der Waals surface area contributed by atoms with Gasteiger partial charge in [-0.25, -0.2) is 9.78 Å². The van der Waals surface area contributed by atoms with Crippen molar-refractivity contribution in [2.45, 2.75) is 67.5 Å². The highest BCUT2D eigenvalue weighted by atomic mass is 35.5. The van der Waals surface area contributed by atoms with Crippen molar-refractivity contribution in [1.82, 2.24) is 15.0 Å². The maximum Gasteiger partial charge on any atom is 0.345 e. The summed E-state index contributed by atoms with van der Waals surface area (Å²) in [5.41, 5.74) is 13.6. The number of nitrogens with zero attached hydrogens (tertiary/aromatic N) is 3. The van der Waals surface area contributed by atoms with Crippen molar-refractivity contribution >= 4 is 55.6 Å². The van der Waals surface area contributed by atoms with E-state index >= 15 is 0 Å². The fourth-order valence-corrected chi connectivity index (χ4v) is 4.04. The lowest BCUT2D eigenvalue weighted by Gasteiger charge is -2.21. The molecule has 0 radical (unpaired) electrons. The highest BCUT2D eigenvalue weighted by Gasteiger charge is 2.22. The highest BCUT2D eigenvalue weighted by molar-refractivity contribution is 5.91. The predicted molar refractivity (Wildman–Crippen MR) is 166 cm³/mol. The second-order valence-corrected chi connectivity index (χ2v) is 9.01. The van der Waals surface area contributed by atoms with Crippen LogP contribution < -0.4 is 10.5 Å². The SMILES string of the molecule is CCOC(=O)c1cnc(CC)nc1OCc1c(C)nc(CC(C)C)c(CN)c1-c1ccc(C)cc1.Cl.Cl.Cl.Cl. The van der Waals surface area contributed by atoms with Crippen LogP contribution in [0.1, 0.15) is 72.0 Å². The fourth-order valence-electron chi connectivity index (χ4n) is 4.04. The number of hydrogen-bond acceptors (Lipinski definition) is 7. The molecule has 0 aliphatic rings.